The van der Waals surface area contributed by atoms with E-state index in [4.69, 9.17) is 5.26 Å². The molecule has 0 amide bonds. The quantitative estimate of drug-likeness (QED) is 0.830. The van der Waals surface area contributed by atoms with Crippen molar-refractivity contribution in [2.45, 2.75) is 32.4 Å². The predicted molar refractivity (Wildman–Crippen MR) is 81.5 cm³/mol. The van der Waals surface area contributed by atoms with Crippen LogP contribution in [0.2, 0.25) is 0 Å². The SMILES string of the molecule is CC1CCc2ccccc2N1Cc1cc(C#N)ccc1F. The molecule has 0 saturated carbocycles. The first-order valence-corrected chi connectivity index (χ1v) is 7.22. The Morgan fingerprint density at radius 3 is 2.90 bits per heavy atom. The van der Waals surface area contributed by atoms with E-state index in [0.717, 1.165) is 12.8 Å². The van der Waals surface area contributed by atoms with E-state index in [1.807, 2.05) is 12.1 Å². The number of aryl methyl sites for hydroxylation is 1. The summed E-state index contributed by atoms with van der Waals surface area (Å²) in [4.78, 5) is 2.23. The Kier molecular flexibility index (Phi) is 3.62. The molecule has 3 rings (SSSR count). The van der Waals surface area contributed by atoms with Gasteiger partial charge in [-0.15, -0.1) is 0 Å². The molecule has 1 atom stereocenters. The number of nitrogens with zero attached hydrogens (tertiary/aromatic N) is 2. The van der Waals surface area contributed by atoms with Crippen LogP contribution >= 0.6 is 0 Å². The Bertz CT molecular complexity index is 703. The number of rotatable bonds is 2. The van der Waals surface area contributed by atoms with E-state index >= 15 is 0 Å². The van der Waals surface area contributed by atoms with E-state index in [1.54, 1.807) is 6.07 Å². The Hall–Kier alpha value is -2.34. The molecular weight excluding hydrogens is 263 g/mol. The third-order valence-corrected chi connectivity index (χ3v) is 4.18. The molecule has 21 heavy (non-hydrogen) atoms. The number of benzene rings is 2. The van der Waals surface area contributed by atoms with E-state index in [9.17, 15) is 4.39 Å². The summed E-state index contributed by atoms with van der Waals surface area (Å²) in [5.41, 5.74) is 3.58. The maximum atomic E-state index is 14.0. The van der Waals surface area contributed by atoms with Gasteiger partial charge in [0.15, 0.2) is 0 Å². The van der Waals surface area contributed by atoms with Gasteiger partial charge in [-0.3, -0.25) is 0 Å². The van der Waals surface area contributed by atoms with Crippen LogP contribution in [0.3, 0.4) is 0 Å². The molecule has 1 heterocycles. The summed E-state index contributed by atoms with van der Waals surface area (Å²) in [6.07, 6.45) is 2.13. The third kappa shape index (κ3) is 2.62. The molecule has 0 fully saturated rings. The van der Waals surface area contributed by atoms with Gasteiger partial charge in [-0.1, -0.05) is 18.2 Å². The van der Waals surface area contributed by atoms with Gasteiger partial charge in [0, 0.05) is 23.8 Å². The van der Waals surface area contributed by atoms with Crippen molar-refractivity contribution >= 4 is 5.69 Å². The summed E-state index contributed by atoms with van der Waals surface area (Å²) in [5.74, 6) is -0.246. The second-order valence-electron chi connectivity index (χ2n) is 5.56. The molecule has 3 heteroatoms. The smallest absolute Gasteiger partial charge is 0.128 e. The number of hydrogen-bond donors (Lipinski definition) is 0. The lowest BCUT2D eigenvalue weighted by atomic mass is 9.96. The fourth-order valence-electron chi connectivity index (χ4n) is 2.95. The van der Waals surface area contributed by atoms with Crippen LogP contribution in [0.5, 0.6) is 0 Å². The zero-order chi connectivity index (χ0) is 14.8. The Labute approximate surface area is 124 Å². The van der Waals surface area contributed by atoms with Crippen molar-refractivity contribution in [2.75, 3.05) is 4.90 Å². The summed E-state index contributed by atoms with van der Waals surface area (Å²) in [6, 6.07) is 15.3. The van der Waals surface area contributed by atoms with Gasteiger partial charge in [-0.05, 0) is 49.6 Å². The molecule has 0 bridgehead atoms. The average molecular weight is 280 g/mol. The standard InChI is InChI=1S/C18H17FN2/c1-13-6-8-15-4-2-3-5-18(15)21(13)12-16-10-14(11-20)7-9-17(16)19/h2-5,7,9-10,13H,6,8,12H2,1H3. The van der Waals surface area contributed by atoms with Gasteiger partial charge < -0.3 is 4.90 Å². The lowest BCUT2D eigenvalue weighted by Gasteiger charge is -2.37. The van der Waals surface area contributed by atoms with Crippen LogP contribution in [0.4, 0.5) is 10.1 Å². The topological polar surface area (TPSA) is 27.0 Å². The van der Waals surface area contributed by atoms with Crippen LogP contribution in [-0.2, 0) is 13.0 Å². The van der Waals surface area contributed by atoms with Crippen molar-refractivity contribution in [3.05, 3.63) is 65.0 Å². The molecular formula is C18H17FN2. The van der Waals surface area contributed by atoms with Crippen molar-refractivity contribution in [1.29, 1.82) is 5.26 Å². The normalized spacial score (nSPS) is 17.2. The molecule has 0 spiro atoms. The molecule has 1 aliphatic rings. The fraction of sp³-hybridized carbons (Fsp3) is 0.278. The van der Waals surface area contributed by atoms with E-state index < -0.39 is 0 Å². The number of halogens is 1. The summed E-state index contributed by atoms with van der Waals surface area (Å²) < 4.78 is 14.0. The molecule has 2 aromatic carbocycles. The van der Waals surface area contributed by atoms with Crippen LogP contribution < -0.4 is 4.90 Å². The molecule has 0 aliphatic carbocycles. The number of anilines is 1. The molecule has 0 N–H and O–H groups in total. The molecule has 106 valence electrons. The minimum Gasteiger partial charge on any atom is -0.364 e. The molecule has 1 aliphatic heterocycles. The zero-order valence-electron chi connectivity index (χ0n) is 12.0. The minimum absolute atomic E-state index is 0.246. The highest BCUT2D eigenvalue weighted by molar-refractivity contribution is 5.57. The second-order valence-corrected chi connectivity index (χ2v) is 5.56. The van der Waals surface area contributed by atoms with E-state index in [1.165, 1.54) is 23.4 Å². The van der Waals surface area contributed by atoms with Crippen molar-refractivity contribution < 1.29 is 4.39 Å². The molecule has 2 aromatic rings. The van der Waals surface area contributed by atoms with Crippen molar-refractivity contribution in [3.63, 3.8) is 0 Å². The van der Waals surface area contributed by atoms with Crippen LogP contribution in [0.25, 0.3) is 0 Å². The van der Waals surface area contributed by atoms with Gasteiger partial charge in [-0.25, -0.2) is 4.39 Å². The molecule has 0 aromatic heterocycles. The van der Waals surface area contributed by atoms with E-state index in [-0.39, 0.29) is 5.82 Å². The lowest BCUT2D eigenvalue weighted by molar-refractivity contribution is 0.543. The third-order valence-electron chi connectivity index (χ3n) is 4.18. The van der Waals surface area contributed by atoms with Crippen molar-refractivity contribution in [3.8, 4) is 6.07 Å². The van der Waals surface area contributed by atoms with Gasteiger partial charge in [-0.2, -0.15) is 5.26 Å². The van der Waals surface area contributed by atoms with Crippen LogP contribution in [0, 0.1) is 17.1 Å². The number of nitriles is 1. The van der Waals surface area contributed by atoms with E-state index in [2.05, 4.69) is 30.0 Å². The van der Waals surface area contributed by atoms with E-state index in [0.29, 0.717) is 23.7 Å². The van der Waals surface area contributed by atoms with Crippen LogP contribution in [0.15, 0.2) is 42.5 Å². The highest BCUT2D eigenvalue weighted by Gasteiger charge is 2.23. The Morgan fingerprint density at radius 2 is 2.10 bits per heavy atom. The summed E-state index contributed by atoms with van der Waals surface area (Å²) in [6.45, 7) is 2.67. The van der Waals surface area contributed by atoms with Crippen molar-refractivity contribution in [1.82, 2.24) is 0 Å². The Balaban J connectivity index is 1.96. The lowest BCUT2D eigenvalue weighted by Crippen LogP contribution is -2.36. The highest BCUT2D eigenvalue weighted by Crippen LogP contribution is 2.32. The van der Waals surface area contributed by atoms with Gasteiger partial charge in [0.2, 0.25) is 0 Å². The largest absolute Gasteiger partial charge is 0.364 e. The Morgan fingerprint density at radius 1 is 1.29 bits per heavy atom. The molecule has 0 radical (unpaired) electrons. The monoisotopic (exact) mass is 280 g/mol. The number of hydrogen-bond acceptors (Lipinski definition) is 2. The van der Waals surface area contributed by atoms with Crippen molar-refractivity contribution in [2.24, 2.45) is 0 Å². The average Bonchev–Trinajstić information content (AvgIpc) is 2.52. The molecule has 2 nitrogen and oxygen atoms in total. The van der Waals surface area contributed by atoms with Gasteiger partial charge in [0.25, 0.3) is 0 Å². The minimum atomic E-state index is -0.246. The van der Waals surface area contributed by atoms with Crippen LogP contribution in [0.1, 0.15) is 30.0 Å². The maximum absolute atomic E-state index is 14.0. The maximum Gasteiger partial charge on any atom is 0.128 e. The van der Waals surface area contributed by atoms with Gasteiger partial charge in [0.05, 0.1) is 11.6 Å². The summed E-state index contributed by atoms with van der Waals surface area (Å²) in [5, 5.41) is 8.98. The first-order valence-electron chi connectivity index (χ1n) is 7.22. The molecule has 0 saturated heterocycles. The highest BCUT2D eigenvalue weighted by atomic mass is 19.1. The number of para-hydroxylation sites is 1. The summed E-state index contributed by atoms with van der Waals surface area (Å²) in [7, 11) is 0. The van der Waals surface area contributed by atoms with Gasteiger partial charge in [0.1, 0.15) is 5.82 Å². The number of fused-ring (bicyclic) bond motifs is 1. The summed E-state index contributed by atoms with van der Waals surface area (Å²) >= 11 is 0. The second kappa shape index (κ2) is 5.57. The predicted octanol–water partition coefficient (Wildman–Crippen LogP) is 4.04. The fourth-order valence-corrected chi connectivity index (χ4v) is 2.95. The first kappa shape index (κ1) is 13.6. The first-order chi connectivity index (χ1) is 10.2. The zero-order valence-corrected chi connectivity index (χ0v) is 12.0. The molecule has 1 unspecified atom stereocenters. The van der Waals surface area contributed by atoms with Crippen LogP contribution in [-0.4, -0.2) is 6.04 Å². The van der Waals surface area contributed by atoms with Gasteiger partial charge >= 0.3 is 0 Å².